The van der Waals surface area contributed by atoms with Gasteiger partial charge in [0.25, 0.3) is 0 Å². The Morgan fingerprint density at radius 2 is 1.94 bits per heavy atom. The van der Waals surface area contributed by atoms with Gasteiger partial charge in [0, 0.05) is 18.2 Å². The lowest BCUT2D eigenvalue weighted by molar-refractivity contribution is 0.603. The Hall–Kier alpha value is -1.18. The highest BCUT2D eigenvalue weighted by Crippen LogP contribution is 2.36. The van der Waals surface area contributed by atoms with Crippen LogP contribution in [0.4, 0.5) is 0 Å². The van der Waals surface area contributed by atoms with Gasteiger partial charge in [0.1, 0.15) is 0 Å². The zero-order valence-electron chi connectivity index (χ0n) is 9.75. The molecule has 0 aliphatic carbocycles. The lowest BCUT2D eigenvalue weighted by atomic mass is 10.1. The molecule has 1 aliphatic rings. The molecule has 1 aromatic carbocycles. The van der Waals surface area contributed by atoms with Crippen molar-refractivity contribution in [2.24, 2.45) is 5.73 Å². The van der Waals surface area contributed by atoms with Crippen LogP contribution in [0, 0.1) is 0 Å². The Morgan fingerprint density at radius 3 is 2.50 bits per heavy atom. The second-order valence-electron chi connectivity index (χ2n) is 4.26. The zero-order valence-corrected chi connectivity index (χ0v) is 11.4. The number of benzene rings is 1. The maximum absolute atomic E-state index is 12.0. The van der Waals surface area contributed by atoms with Crippen molar-refractivity contribution in [2.75, 3.05) is 12.0 Å². The van der Waals surface area contributed by atoms with E-state index in [4.69, 9.17) is 5.73 Å². The van der Waals surface area contributed by atoms with Crippen LogP contribution < -0.4 is 5.73 Å². The van der Waals surface area contributed by atoms with E-state index in [1.807, 2.05) is 0 Å². The first-order valence-corrected chi connectivity index (χ1v) is 8.81. The fourth-order valence-corrected chi connectivity index (χ4v) is 4.67. The van der Waals surface area contributed by atoms with Crippen LogP contribution in [-0.2, 0) is 26.2 Å². The molecular weight excluding hydrogens is 274 g/mol. The predicted octanol–water partition coefficient (Wildman–Crippen LogP) is 0.318. The molecule has 2 rings (SSSR count). The normalized spacial score (nSPS) is 17.3. The minimum absolute atomic E-state index is 0.0996. The summed E-state index contributed by atoms with van der Waals surface area (Å²) in [5.41, 5.74) is 6.77. The highest BCUT2D eigenvalue weighted by Gasteiger charge is 2.30. The maximum Gasteiger partial charge on any atom is 0.201 e. The van der Waals surface area contributed by atoms with Crippen molar-refractivity contribution in [1.82, 2.24) is 0 Å². The first-order chi connectivity index (χ1) is 8.24. The van der Waals surface area contributed by atoms with Crippen molar-refractivity contribution < 1.29 is 16.8 Å². The number of hydrogen-bond acceptors (Lipinski definition) is 5. The fraction of sp³-hybridized carbons (Fsp3) is 0.273. The molecule has 1 aliphatic heterocycles. The number of fused-ring (bicyclic) bond motifs is 1. The van der Waals surface area contributed by atoms with E-state index in [0.29, 0.717) is 16.7 Å². The minimum Gasteiger partial charge on any atom is -0.326 e. The van der Waals surface area contributed by atoms with E-state index in [9.17, 15) is 16.8 Å². The van der Waals surface area contributed by atoms with Gasteiger partial charge in [-0.15, -0.1) is 0 Å². The third-order valence-electron chi connectivity index (χ3n) is 2.66. The SMILES string of the molecule is CS(=O)(=O)CC1=CS(=O)(=O)c2c(CN)cccc21. The lowest BCUT2D eigenvalue weighted by Gasteiger charge is -2.07. The molecular formula is C11H13NO4S2. The standard InChI is InChI=1S/C11H13NO4S2/c1-17(13,14)6-9-7-18(15,16)11-8(5-12)3-2-4-10(9)11/h2-4,7H,5-6,12H2,1H3. The number of hydrogen-bond donors (Lipinski definition) is 1. The summed E-state index contributed by atoms with van der Waals surface area (Å²) in [5.74, 6) is -0.284. The van der Waals surface area contributed by atoms with Crippen LogP contribution in [0.5, 0.6) is 0 Å². The van der Waals surface area contributed by atoms with Gasteiger partial charge in [-0.2, -0.15) is 0 Å². The molecule has 1 heterocycles. The Kier molecular flexibility index (Phi) is 3.08. The molecule has 0 amide bonds. The molecule has 0 spiro atoms. The molecule has 2 N–H and O–H groups in total. The molecule has 0 saturated carbocycles. The van der Waals surface area contributed by atoms with Gasteiger partial charge in [-0.1, -0.05) is 18.2 Å². The van der Waals surface area contributed by atoms with Crippen LogP contribution in [0.3, 0.4) is 0 Å². The Balaban J connectivity index is 2.66. The van der Waals surface area contributed by atoms with Crippen LogP contribution in [-0.4, -0.2) is 28.8 Å². The number of nitrogens with two attached hydrogens (primary N) is 1. The van der Waals surface area contributed by atoms with Crippen molar-refractivity contribution >= 4 is 25.2 Å². The molecule has 18 heavy (non-hydrogen) atoms. The summed E-state index contributed by atoms with van der Waals surface area (Å²) in [6.07, 6.45) is 1.07. The van der Waals surface area contributed by atoms with E-state index < -0.39 is 19.7 Å². The molecule has 98 valence electrons. The maximum atomic E-state index is 12.0. The van der Waals surface area contributed by atoms with Gasteiger partial charge in [-0.25, -0.2) is 16.8 Å². The van der Waals surface area contributed by atoms with Crippen LogP contribution in [0.2, 0.25) is 0 Å². The quantitative estimate of drug-likeness (QED) is 0.864. The summed E-state index contributed by atoms with van der Waals surface area (Å²) in [6, 6.07) is 4.92. The lowest BCUT2D eigenvalue weighted by Crippen LogP contribution is -2.06. The summed E-state index contributed by atoms with van der Waals surface area (Å²) in [6.45, 7) is 0.0996. The van der Waals surface area contributed by atoms with Gasteiger partial charge in [0.05, 0.1) is 10.6 Å². The summed E-state index contributed by atoms with van der Waals surface area (Å²) in [5, 5.41) is 1.03. The Labute approximate surface area is 106 Å². The van der Waals surface area contributed by atoms with Crippen molar-refractivity contribution in [3.63, 3.8) is 0 Å². The summed E-state index contributed by atoms with van der Waals surface area (Å²) in [7, 11) is -6.86. The summed E-state index contributed by atoms with van der Waals surface area (Å²) >= 11 is 0. The first kappa shape index (κ1) is 13.3. The largest absolute Gasteiger partial charge is 0.326 e. The molecule has 5 nitrogen and oxygen atoms in total. The third kappa shape index (κ3) is 2.33. The monoisotopic (exact) mass is 287 g/mol. The van der Waals surface area contributed by atoms with E-state index in [1.165, 1.54) is 0 Å². The zero-order chi connectivity index (χ0) is 13.6. The Morgan fingerprint density at radius 1 is 1.28 bits per heavy atom. The third-order valence-corrected chi connectivity index (χ3v) is 5.14. The number of sulfone groups is 2. The van der Waals surface area contributed by atoms with Crippen LogP contribution >= 0.6 is 0 Å². The van der Waals surface area contributed by atoms with Gasteiger partial charge < -0.3 is 5.73 Å². The van der Waals surface area contributed by atoms with Crippen molar-refractivity contribution in [2.45, 2.75) is 11.4 Å². The van der Waals surface area contributed by atoms with Gasteiger partial charge in [0.2, 0.25) is 9.84 Å². The molecule has 0 atom stereocenters. The van der Waals surface area contributed by atoms with Gasteiger partial charge in [-0.3, -0.25) is 0 Å². The van der Waals surface area contributed by atoms with Crippen molar-refractivity contribution in [3.05, 3.63) is 34.7 Å². The topological polar surface area (TPSA) is 94.3 Å². The Bertz CT molecular complexity index is 730. The number of rotatable bonds is 3. The first-order valence-electron chi connectivity index (χ1n) is 5.20. The van der Waals surface area contributed by atoms with Crippen LogP contribution in [0.25, 0.3) is 5.57 Å². The smallest absolute Gasteiger partial charge is 0.201 e. The van der Waals surface area contributed by atoms with Crippen LogP contribution in [0.1, 0.15) is 11.1 Å². The predicted molar refractivity (Wildman–Crippen MR) is 69.2 cm³/mol. The summed E-state index contributed by atoms with van der Waals surface area (Å²) in [4.78, 5) is 0.145. The van der Waals surface area contributed by atoms with Crippen molar-refractivity contribution in [3.8, 4) is 0 Å². The average molecular weight is 287 g/mol. The van der Waals surface area contributed by atoms with E-state index >= 15 is 0 Å². The van der Waals surface area contributed by atoms with E-state index in [2.05, 4.69) is 0 Å². The molecule has 0 bridgehead atoms. The second-order valence-corrected chi connectivity index (χ2v) is 8.13. The fourth-order valence-electron chi connectivity index (χ4n) is 2.04. The molecule has 1 aromatic rings. The van der Waals surface area contributed by atoms with Crippen molar-refractivity contribution in [1.29, 1.82) is 0 Å². The van der Waals surface area contributed by atoms with Crippen LogP contribution in [0.15, 0.2) is 28.5 Å². The summed E-state index contributed by atoms with van der Waals surface area (Å²) < 4.78 is 46.6. The highest BCUT2D eigenvalue weighted by molar-refractivity contribution is 7.95. The van der Waals surface area contributed by atoms with Gasteiger partial charge >= 0.3 is 0 Å². The molecule has 0 aromatic heterocycles. The second kappa shape index (κ2) is 4.18. The van der Waals surface area contributed by atoms with E-state index in [-0.39, 0.29) is 17.2 Å². The van der Waals surface area contributed by atoms with Gasteiger partial charge in [0.15, 0.2) is 9.84 Å². The molecule has 0 radical (unpaired) electrons. The molecule has 7 heteroatoms. The molecule has 0 unspecified atom stereocenters. The average Bonchev–Trinajstić information content (AvgIpc) is 2.48. The van der Waals surface area contributed by atoms with Gasteiger partial charge in [-0.05, 0) is 16.7 Å². The molecule has 0 fully saturated rings. The highest BCUT2D eigenvalue weighted by atomic mass is 32.2. The van der Waals surface area contributed by atoms with E-state index in [0.717, 1.165) is 11.7 Å². The van der Waals surface area contributed by atoms with E-state index in [1.54, 1.807) is 18.2 Å². The minimum atomic E-state index is -3.58. The molecule has 0 saturated heterocycles.